The van der Waals surface area contributed by atoms with Gasteiger partial charge in [0.15, 0.2) is 12.3 Å². The fourth-order valence-corrected chi connectivity index (χ4v) is 4.44. The minimum absolute atomic E-state index is 0.0811. The Morgan fingerprint density at radius 2 is 1.37 bits per heavy atom. The van der Waals surface area contributed by atoms with Crippen molar-refractivity contribution in [2.24, 2.45) is 0 Å². The van der Waals surface area contributed by atoms with Gasteiger partial charge in [0.2, 0.25) is 11.8 Å². The molecular formula is C25H27N2O3+. The molecule has 0 spiro atoms. The number of imide groups is 1. The zero-order valence-electron chi connectivity index (χ0n) is 17.1. The molecule has 0 unspecified atom stereocenters. The first-order valence-electron chi connectivity index (χ1n) is 10.5. The molecule has 0 saturated carbocycles. The number of nitrogens with zero attached hydrogens (tertiary/aromatic N) is 2. The second-order valence-electron chi connectivity index (χ2n) is 8.26. The molecule has 0 aromatic heterocycles. The Bertz CT molecular complexity index is 914. The fraction of sp³-hybridized carbons (Fsp3) is 0.360. The van der Waals surface area contributed by atoms with Gasteiger partial charge in [-0.05, 0) is 5.92 Å². The van der Waals surface area contributed by atoms with Crippen LogP contribution in [-0.2, 0) is 15.2 Å². The summed E-state index contributed by atoms with van der Waals surface area (Å²) in [6.07, 6.45) is 2.73. The Labute approximate surface area is 177 Å². The van der Waals surface area contributed by atoms with E-state index in [1.807, 2.05) is 60.7 Å². The highest BCUT2D eigenvalue weighted by Crippen LogP contribution is 2.29. The van der Waals surface area contributed by atoms with E-state index in [1.54, 1.807) is 0 Å². The molecule has 30 heavy (non-hydrogen) atoms. The number of quaternary nitrogens is 1. The first kappa shape index (κ1) is 20.3. The number of amides is 2. The quantitative estimate of drug-likeness (QED) is 0.474. The van der Waals surface area contributed by atoms with Crippen LogP contribution in [-0.4, -0.2) is 52.6 Å². The standard InChI is InChI=1S/C25H27N2O3/c28-23-14-15-24(29)26(23)20-27(17-7-8-18-27)19-9-16-25(30,21-10-3-1-4-11-21)22-12-5-2-6-13-22/h1-6,10-13,30H,7-8,14-15,17-20H2/q+1. The average molecular weight is 404 g/mol. The third-order valence-electron chi connectivity index (χ3n) is 6.18. The molecule has 2 aliphatic rings. The van der Waals surface area contributed by atoms with Crippen LogP contribution in [0.2, 0.25) is 0 Å². The van der Waals surface area contributed by atoms with Crippen molar-refractivity contribution in [3.63, 3.8) is 0 Å². The summed E-state index contributed by atoms with van der Waals surface area (Å²) in [6.45, 7) is 2.67. The van der Waals surface area contributed by atoms with Crippen molar-refractivity contribution in [1.29, 1.82) is 0 Å². The smallest absolute Gasteiger partial charge is 0.234 e. The van der Waals surface area contributed by atoms with Crippen molar-refractivity contribution in [2.45, 2.75) is 31.3 Å². The molecule has 154 valence electrons. The normalized spacial score (nSPS) is 18.4. The van der Waals surface area contributed by atoms with Gasteiger partial charge in [-0.3, -0.25) is 14.1 Å². The van der Waals surface area contributed by atoms with Crippen LogP contribution in [0.25, 0.3) is 0 Å². The van der Waals surface area contributed by atoms with Crippen LogP contribution in [0.4, 0.5) is 0 Å². The van der Waals surface area contributed by atoms with E-state index in [4.69, 9.17) is 0 Å². The lowest BCUT2D eigenvalue weighted by Crippen LogP contribution is -2.54. The van der Waals surface area contributed by atoms with Crippen molar-refractivity contribution in [3.8, 4) is 11.8 Å². The number of aliphatic hydroxyl groups is 1. The third-order valence-corrected chi connectivity index (χ3v) is 6.18. The van der Waals surface area contributed by atoms with Crippen LogP contribution in [0.15, 0.2) is 60.7 Å². The highest BCUT2D eigenvalue weighted by molar-refractivity contribution is 6.01. The number of carbonyl (C=O) groups excluding carboxylic acids is 2. The molecule has 2 fully saturated rings. The minimum atomic E-state index is -1.41. The maximum Gasteiger partial charge on any atom is 0.234 e. The van der Waals surface area contributed by atoms with Crippen molar-refractivity contribution < 1.29 is 19.2 Å². The van der Waals surface area contributed by atoms with E-state index in [0.29, 0.717) is 30.5 Å². The molecule has 5 nitrogen and oxygen atoms in total. The fourth-order valence-electron chi connectivity index (χ4n) is 4.44. The van der Waals surface area contributed by atoms with Gasteiger partial charge >= 0.3 is 0 Å². The molecule has 5 heteroatoms. The zero-order chi connectivity index (χ0) is 21.0. The van der Waals surface area contributed by atoms with Crippen LogP contribution in [0, 0.1) is 11.8 Å². The van der Waals surface area contributed by atoms with Crippen LogP contribution < -0.4 is 0 Å². The van der Waals surface area contributed by atoms with E-state index < -0.39 is 5.60 Å². The molecule has 0 radical (unpaired) electrons. The summed E-state index contributed by atoms with van der Waals surface area (Å²) in [5, 5.41) is 11.6. The molecule has 2 aromatic carbocycles. The van der Waals surface area contributed by atoms with E-state index in [1.165, 1.54) is 4.90 Å². The second kappa shape index (κ2) is 8.43. The van der Waals surface area contributed by atoms with E-state index >= 15 is 0 Å². The Morgan fingerprint density at radius 3 is 1.87 bits per heavy atom. The Kier molecular flexibility index (Phi) is 5.72. The van der Waals surface area contributed by atoms with E-state index in [9.17, 15) is 14.7 Å². The summed E-state index contributed by atoms with van der Waals surface area (Å²) in [7, 11) is 0. The summed E-state index contributed by atoms with van der Waals surface area (Å²) in [5.74, 6) is 6.20. The first-order valence-corrected chi connectivity index (χ1v) is 10.5. The number of hydrogen-bond acceptors (Lipinski definition) is 3. The number of rotatable bonds is 5. The molecule has 2 heterocycles. The van der Waals surface area contributed by atoms with Crippen molar-refractivity contribution in [1.82, 2.24) is 4.90 Å². The summed E-state index contributed by atoms with van der Waals surface area (Å²) < 4.78 is 0.601. The lowest BCUT2D eigenvalue weighted by Gasteiger charge is -2.35. The number of carbonyl (C=O) groups is 2. The topological polar surface area (TPSA) is 57.6 Å². The van der Waals surface area contributed by atoms with Gasteiger partial charge in [-0.15, -0.1) is 0 Å². The van der Waals surface area contributed by atoms with Gasteiger partial charge in [0.05, 0.1) is 13.1 Å². The molecule has 0 aliphatic carbocycles. The van der Waals surface area contributed by atoms with Gasteiger partial charge in [0, 0.05) is 36.8 Å². The van der Waals surface area contributed by atoms with Gasteiger partial charge in [0.1, 0.15) is 6.54 Å². The van der Waals surface area contributed by atoms with Crippen LogP contribution in [0.5, 0.6) is 0 Å². The molecule has 0 atom stereocenters. The lowest BCUT2D eigenvalue weighted by molar-refractivity contribution is -0.916. The summed E-state index contributed by atoms with van der Waals surface area (Å²) in [6, 6.07) is 18.9. The maximum absolute atomic E-state index is 12.1. The Balaban J connectivity index is 1.62. The first-order chi connectivity index (χ1) is 14.5. The summed E-state index contributed by atoms with van der Waals surface area (Å²) >= 11 is 0. The summed E-state index contributed by atoms with van der Waals surface area (Å²) in [5.41, 5.74) is 0.0362. The van der Waals surface area contributed by atoms with Gasteiger partial charge in [-0.2, -0.15) is 0 Å². The predicted molar refractivity (Wildman–Crippen MR) is 114 cm³/mol. The van der Waals surface area contributed by atoms with Gasteiger partial charge < -0.3 is 5.11 Å². The van der Waals surface area contributed by atoms with Crippen molar-refractivity contribution >= 4 is 11.8 Å². The highest BCUT2D eigenvalue weighted by atomic mass is 16.3. The monoisotopic (exact) mass is 403 g/mol. The van der Waals surface area contributed by atoms with Crippen molar-refractivity contribution in [2.75, 3.05) is 26.3 Å². The number of benzene rings is 2. The number of hydrogen-bond donors (Lipinski definition) is 1. The van der Waals surface area contributed by atoms with E-state index in [0.717, 1.165) is 37.1 Å². The third kappa shape index (κ3) is 4.02. The molecule has 1 N–H and O–H groups in total. The average Bonchev–Trinajstić information content (AvgIpc) is 3.37. The molecule has 0 bridgehead atoms. The van der Waals surface area contributed by atoms with E-state index in [-0.39, 0.29) is 11.8 Å². The van der Waals surface area contributed by atoms with Gasteiger partial charge in [0.25, 0.3) is 0 Å². The second-order valence-corrected chi connectivity index (χ2v) is 8.26. The highest BCUT2D eigenvalue weighted by Gasteiger charge is 2.40. The zero-order valence-corrected chi connectivity index (χ0v) is 17.1. The predicted octanol–water partition coefficient (Wildman–Crippen LogP) is 2.64. The Morgan fingerprint density at radius 1 is 0.867 bits per heavy atom. The maximum atomic E-state index is 12.1. The summed E-state index contributed by atoms with van der Waals surface area (Å²) in [4.78, 5) is 25.7. The molecular weight excluding hydrogens is 376 g/mol. The largest absolute Gasteiger partial charge is 0.369 e. The SMILES string of the molecule is O=C1CCC(=O)N1C[N+]1(CC#CC(O)(c2ccccc2)c2ccccc2)CCCC1. The Hall–Kier alpha value is -2.94. The van der Waals surface area contributed by atoms with Crippen molar-refractivity contribution in [3.05, 3.63) is 71.8 Å². The van der Waals surface area contributed by atoms with Crippen LogP contribution >= 0.6 is 0 Å². The molecule has 2 aromatic rings. The molecule has 2 aliphatic heterocycles. The van der Waals surface area contributed by atoms with Gasteiger partial charge in [-0.25, -0.2) is 4.90 Å². The number of likely N-dealkylation sites (tertiary alicyclic amines) is 2. The lowest BCUT2D eigenvalue weighted by atomic mass is 9.87. The van der Waals surface area contributed by atoms with Crippen LogP contribution in [0.1, 0.15) is 36.8 Å². The van der Waals surface area contributed by atoms with Gasteiger partial charge in [-0.1, -0.05) is 66.6 Å². The van der Waals surface area contributed by atoms with Crippen LogP contribution in [0.3, 0.4) is 0 Å². The molecule has 2 saturated heterocycles. The van der Waals surface area contributed by atoms with E-state index in [2.05, 4.69) is 11.8 Å². The minimum Gasteiger partial charge on any atom is -0.369 e. The molecule has 4 rings (SSSR count). The molecule has 2 amide bonds.